The zero-order valence-corrected chi connectivity index (χ0v) is 7.66. The quantitative estimate of drug-likeness (QED) is 0.588. The molecule has 1 atom stereocenters. The highest BCUT2D eigenvalue weighted by atomic mass is 16.5. The van der Waals surface area contributed by atoms with Gasteiger partial charge in [0.05, 0.1) is 6.73 Å². The Balaban J connectivity index is 2.20. The van der Waals surface area contributed by atoms with Crippen LogP contribution < -0.4 is 0 Å². The topological polar surface area (TPSA) is 29.5 Å². The number of likely N-dealkylation sites (tertiary alicyclic amines) is 1. The molecular weight excluding hydrogens is 154 g/mol. The number of hydrogen-bond donors (Lipinski definition) is 0. The van der Waals surface area contributed by atoms with E-state index >= 15 is 0 Å². The number of aldehydes is 1. The first-order chi connectivity index (χ1) is 5.86. The van der Waals surface area contributed by atoms with Gasteiger partial charge in [0.25, 0.3) is 0 Å². The van der Waals surface area contributed by atoms with E-state index in [9.17, 15) is 4.79 Å². The van der Waals surface area contributed by atoms with Crippen LogP contribution >= 0.6 is 0 Å². The van der Waals surface area contributed by atoms with Crippen molar-refractivity contribution in [3.63, 3.8) is 0 Å². The molecule has 1 fully saturated rings. The van der Waals surface area contributed by atoms with Gasteiger partial charge in [0.1, 0.15) is 6.29 Å². The molecule has 1 heterocycles. The van der Waals surface area contributed by atoms with Crippen molar-refractivity contribution in [2.24, 2.45) is 5.92 Å². The molecule has 1 saturated heterocycles. The molecule has 0 radical (unpaired) electrons. The first-order valence-electron chi connectivity index (χ1n) is 4.62. The lowest BCUT2D eigenvalue weighted by molar-refractivity contribution is -0.113. The highest BCUT2D eigenvalue weighted by molar-refractivity contribution is 5.53. The monoisotopic (exact) mass is 171 g/mol. The highest BCUT2D eigenvalue weighted by Crippen LogP contribution is 2.13. The number of ether oxygens (including phenoxy) is 1. The molecule has 1 aliphatic rings. The van der Waals surface area contributed by atoms with Crippen LogP contribution in [0, 0.1) is 5.92 Å². The van der Waals surface area contributed by atoms with Crippen molar-refractivity contribution in [3.05, 3.63) is 0 Å². The van der Waals surface area contributed by atoms with Crippen molar-refractivity contribution >= 4 is 6.29 Å². The summed E-state index contributed by atoms with van der Waals surface area (Å²) in [5, 5.41) is 0. The third-order valence-electron chi connectivity index (χ3n) is 2.21. The van der Waals surface area contributed by atoms with E-state index in [2.05, 4.69) is 4.90 Å². The Bertz CT molecular complexity index is 138. The standard InChI is InChI=1S/C9H17NO2/c1-2-12-8-10-5-3-4-9(6-10)7-11/h7,9H,2-6,8H2,1H3. The normalized spacial score (nSPS) is 25.6. The van der Waals surface area contributed by atoms with Gasteiger partial charge >= 0.3 is 0 Å². The molecule has 0 bridgehead atoms. The Labute approximate surface area is 73.7 Å². The molecule has 0 saturated carbocycles. The molecule has 0 amide bonds. The van der Waals surface area contributed by atoms with E-state index < -0.39 is 0 Å². The van der Waals surface area contributed by atoms with Crippen molar-refractivity contribution in [1.29, 1.82) is 0 Å². The Morgan fingerprint density at radius 3 is 3.17 bits per heavy atom. The Morgan fingerprint density at radius 2 is 2.50 bits per heavy atom. The molecule has 0 N–H and O–H groups in total. The molecule has 0 aromatic carbocycles. The first-order valence-corrected chi connectivity index (χ1v) is 4.62. The van der Waals surface area contributed by atoms with Gasteiger partial charge in [-0.25, -0.2) is 0 Å². The fourth-order valence-electron chi connectivity index (χ4n) is 1.54. The second-order valence-corrected chi connectivity index (χ2v) is 3.24. The van der Waals surface area contributed by atoms with E-state index in [0.29, 0.717) is 6.73 Å². The smallest absolute Gasteiger partial charge is 0.124 e. The minimum Gasteiger partial charge on any atom is -0.366 e. The summed E-state index contributed by atoms with van der Waals surface area (Å²) in [4.78, 5) is 12.7. The third kappa shape index (κ3) is 2.91. The highest BCUT2D eigenvalue weighted by Gasteiger charge is 2.18. The number of rotatable bonds is 4. The van der Waals surface area contributed by atoms with E-state index in [1.165, 1.54) is 0 Å². The lowest BCUT2D eigenvalue weighted by atomic mass is 10.0. The number of piperidine rings is 1. The van der Waals surface area contributed by atoms with Crippen molar-refractivity contribution < 1.29 is 9.53 Å². The summed E-state index contributed by atoms with van der Waals surface area (Å²) in [5.74, 6) is 0.235. The van der Waals surface area contributed by atoms with E-state index in [-0.39, 0.29) is 5.92 Å². The van der Waals surface area contributed by atoms with Crippen LogP contribution in [0.2, 0.25) is 0 Å². The SMILES string of the molecule is CCOCN1CCCC(C=O)C1. The van der Waals surface area contributed by atoms with Gasteiger partial charge in [-0.3, -0.25) is 4.90 Å². The third-order valence-corrected chi connectivity index (χ3v) is 2.21. The fraction of sp³-hybridized carbons (Fsp3) is 0.889. The van der Waals surface area contributed by atoms with Crippen LogP contribution in [0.1, 0.15) is 19.8 Å². The van der Waals surface area contributed by atoms with Gasteiger partial charge in [0.15, 0.2) is 0 Å². The van der Waals surface area contributed by atoms with Crippen molar-refractivity contribution in [3.8, 4) is 0 Å². The molecule has 0 spiro atoms. The molecule has 0 aromatic heterocycles. The van der Waals surface area contributed by atoms with Crippen LogP contribution in [-0.4, -0.2) is 37.6 Å². The maximum atomic E-state index is 10.5. The molecule has 1 unspecified atom stereocenters. The molecule has 1 aliphatic heterocycles. The van der Waals surface area contributed by atoms with Gasteiger partial charge in [-0.1, -0.05) is 0 Å². The van der Waals surface area contributed by atoms with Crippen LogP contribution in [0.3, 0.4) is 0 Å². The molecular formula is C9H17NO2. The Hall–Kier alpha value is -0.410. The Kier molecular flexibility index (Phi) is 4.25. The van der Waals surface area contributed by atoms with Gasteiger partial charge in [-0.05, 0) is 19.8 Å². The van der Waals surface area contributed by atoms with Gasteiger partial charge in [0, 0.05) is 25.6 Å². The molecule has 12 heavy (non-hydrogen) atoms. The largest absolute Gasteiger partial charge is 0.366 e. The van der Waals surface area contributed by atoms with Crippen molar-refractivity contribution in [1.82, 2.24) is 4.90 Å². The zero-order valence-electron chi connectivity index (χ0n) is 7.66. The maximum absolute atomic E-state index is 10.5. The minimum atomic E-state index is 0.235. The second-order valence-electron chi connectivity index (χ2n) is 3.24. The average molecular weight is 171 g/mol. The molecule has 3 nitrogen and oxygen atoms in total. The molecule has 1 rings (SSSR count). The lowest BCUT2D eigenvalue weighted by Gasteiger charge is -2.29. The van der Waals surface area contributed by atoms with Gasteiger partial charge in [-0.15, -0.1) is 0 Å². The zero-order chi connectivity index (χ0) is 8.81. The summed E-state index contributed by atoms with van der Waals surface area (Å²) in [7, 11) is 0. The fourth-order valence-corrected chi connectivity index (χ4v) is 1.54. The summed E-state index contributed by atoms with van der Waals surface area (Å²) in [5.41, 5.74) is 0. The van der Waals surface area contributed by atoms with Crippen LogP contribution in [-0.2, 0) is 9.53 Å². The molecule has 3 heteroatoms. The van der Waals surface area contributed by atoms with E-state index in [1.807, 2.05) is 6.92 Å². The van der Waals surface area contributed by atoms with Gasteiger partial charge in [0.2, 0.25) is 0 Å². The molecule has 70 valence electrons. The van der Waals surface area contributed by atoms with Crippen LogP contribution in [0.5, 0.6) is 0 Å². The van der Waals surface area contributed by atoms with E-state index in [0.717, 1.165) is 38.8 Å². The number of hydrogen-bond acceptors (Lipinski definition) is 3. The summed E-state index contributed by atoms with van der Waals surface area (Å²) >= 11 is 0. The number of nitrogens with zero attached hydrogens (tertiary/aromatic N) is 1. The van der Waals surface area contributed by atoms with Gasteiger partial charge < -0.3 is 9.53 Å². The number of carbonyl (C=O) groups is 1. The summed E-state index contributed by atoms with van der Waals surface area (Å²) in [6, 6.07) is 0. The minimum absolute atomic E-state index is 0.235. The van der Waals surface area contributed by atoms with Crippen LogP contribution in [0.4, 0.5) is 0 Å². The second kappa shape index (κ2) is 5.27. The summed E-state index contributed by atoms with van der Waals surface area (Å²) in [6.45, 7) is 5.37. The summed E-state index contributed by atoms with van der Waals surface area (Å²) < 4.78 is 5.28. The average Bonchev–Trinajstić information content (AvgIpc) is 2.15. The van der Waals surface area contributed by atoms with E-state index in [4.69, 9.17) is 4.74 Å². The lowest BCUT2D eigenvalue weighted by Crippen LogP contribution is -2.37. The van der Waals surface area contributed by atoms with Crippen LogP contribution in [0.25, 0.3) is 0 Å². The molecule has 0 aliphatic carbocycles. The summed E-state index contributed by atoms with van der Waals surface area (Å²) in [6.07, 6.45) is 3.24. The van der Waals surface area contributed by atoms with Gasteiger partial charge in [-0.2, -0.15) is 0 Å². The maximum Gasteiger partial charge on any atom is 0.124 e. The van der Waals surface area contributed by atoms with Crippen LogP contribution in [0.15, 0.2) is 0 Å². The Morgan fingerprint density at radius 1 is 1.67 bits per heavy atom. The molecule has 0 aromatic rings. The predicted molar refractivity (Wildman–Crippen MR) is 46.9 cm³/mol. The predicted octanol–water partition coefficient (Wildman–Crippen LogP) is 0.891. The number of carbonyl (C=O) groups excluding carboxylic acids is 1. The van der Waals surface area contributed by atoms with Crippen molar-refractivity contribution in [2.75, 3.05) is 26.4 Å². The first kappa shape index (κ1) is 9.68. The van der Waals surface area contributed by atoms with E-state index in [1.54, 1.807) is 0 Å². The van der Waals surface area contributed by atoms with Crippen molar-refractivity contribution in [2.45, 2.75) is 19.8 Å².